The molecule has 0 atom stereocenters. The lowest BCUT2D eigenvalue weighted by molar-refractivity contribution is 0.511. The van der Waals surface area contributed by atoms with Crippen molar-refractivity contribution < 1.29 is 0 Å². The van der Waals surface area contributed by atoms with Gasteiger partial charge in [0.2, 0.25) is 0 Å². The number of nitriles is 2. The summed E-state index contributed by atoms with van der Waals surface area (Å²) in [7, 11) is 0. The fourth-order valence-electron chi connectivity index (χ4n) is 5.59. The minimum Gasteiger partial charge on any atom is -0.398 e. The summed E-state index contributed by atoms with van der Waals surface area (Å²) in [6.07, 6.45) is 14.7. The minimum atomic E-state index is -0.442. The van der Waals surface area contributed by atoms with Crippen LogP contribution in [-0.4, -0.2) is 0 Å². The van der Waals surface area contributed by atoms with Crippen LogP contribution in [-0.2, 0) is 5.41 Å². The van der Waals surface area contributed by atoms with Crippen molar-refractivity contribution >= 4 is 17.3 Å². The summed E-state index contributed by atoms with van der Waals surface area (Å²) in [6, 6.07) is 9.16. The third-order valence-corrected chi connectivity index (χ3v) is 9.02. The molecule has 0 aliphatic carbocycles. The molecule has 4 N–H and O–H groups in total. The van der Waals surface area contributed by atoms with Crippen molar-refractivity contribution in [1.29, 1.82) is 10.5 Å². The van der Waals surface area contributed by atoms with E-state index in [-0.39, 0.29) is 10.8 Å². The van der Waals surface area contributed by atoms with Crippen molar-refractivity contribution in [2.75, 3.05) is 5.73 Å². The monoisotopic (exact) mass is 658 g/mol. The fourth-order valence-corrected chi connectivity index (χ4v) is 5.59. The van der Waals surface area contributed by atoms with Gasteiger partial charge in [0, 0.05) is 11.3 Å². The number of nitrogen functional groups attached to an aromatic ring is 1. The SMILES string of the molecule is C=CC(=C\C)/C(C)=C(\C)c1cc(C(C)(C)C)cc(/C=C(C#N)/C(=C/C(=C\C)C(/N)=C(C#N)/C(=C/C(=C\C)CC)C(C)(C)C)C(C)(C)C)c1N. The second kappa shape index (κ2) is 17.2. The lowest BCUT2D eigenvalue weighted by Crippen LogP contribution is -2.17. The molecule has 1 aromatic carbocycles. The van der Waals surface area contributed by atoms with Crippen LogP contribution in [0.3, 0.4) is 0 Å². The van der Waals surface area contributed by atoms with Crippen LogP contribution in [0, 0.1) is 33.5 Å². The van der Waals surface area contributed by atoms with Crippen LogP contribution in [0.25, 0.3) is 11.6 Å². The average molecular weight is 659 g/mol. The van der Waals surface area contributed by atoms with Gasteiger partial charge in [0.15, 0.2) is 0 Å². The predicted molar refractivity (Wildman–Crippen MR) is 215 cm³/mol. The molecule has 0 saturated heterocycles. The predicted octanol–water partition coefficient (Wildman–Crippen LogP) is 12.4. The molecule has 49 heavy (non-hydrogen) atoms. The number of rotatable bonds is 10. The molecule has 1 aromatic rings. The van der Waals surface area contributed by atoms with Crippen molar-refractivity contribution in [3.8, 4) is 12.1 Å². The topological polar surface area (TPSA) is 99.6 Å². The molecular formula is C45H62N4. The zero-order valence-corrected chi connectivity index (χ0v) is 33.2. The van der Waals surface area contributed by atoms with Crippen molar-refractivity contribution in [3.63, 3.8) is 0 Å². The van der Waals surface area contributed by atoms with E-state index in [0.717, 1.165) is 56.5 Å². The highest BCUT2D eigenvalue weighted by Crippen LogP contribution is 2.40. The Bertz CT molecular complexity index is 1750. The van der Waals surface area contributed by atoms with Crippen molar-refractivity contribution in [1.82, 2.24) is 0 Å². The zero-order valence-electron chi connectivity index (χ0n) is 33.2. The Morgan fingerprint density at radius 1 is 0.816 bits per heavy atom. The van der Waals surface area contributed by atoms with Gasteiger partial charge in [-0.1, -0.05) is 112 Å². The van der Waals surface area contributed by atoms with Gasteiger partial charge in [-0.2, -0.15) is 10.5 Å². The first kappa shape index (κ1) is 42.5. The Kier molecular flexibility index (Phi) is 14.9. The molecule has 0 aliphatic heterocycles. The molecule has 0 bridgehead atoms. The molecule has 4 nitrogen and oxygen atoms in total. The van der Waals surface area contributed by atoms with E-state index in [2.05, 4.69) is 126 Å². The Morgan fingerprint density at radius 3 is 1.76 bits per heavy atom. The normalized spacial score (nSPS) is 15.7. The minimum absolute atomic E-state index is 0.162. The number of hydrogen-bond acceptors (Lipinski definition) is 4. The summed E-state index contributed by atoms with van der Waals surface area (Å²) in [5.74, 6) is 0. The van der Waals surface area contributed by atoms with Gasteiger partial charge in [0.25, 0.3) is 0 Å². The summed E-state index contributed by atoms with van der Waals surface area (Å²) in [5, 5.41) is 21.2. The van der Waals surface area contributed by atoms with Gasteiger partial charge in [0.1, 0.15) is 6.07 Å². The smallest absolute Gasteiger partial charge is 0.102 e. The number of benzene rings is 1. The van der Waals surface area contributed by atoms with E-state index in [1.165, 1.54) is 0 Å². The van der Waals surface area contributed by atoms with Gasteiger partial charge >= 0.3 is 0 Å². The molecule has 0 heterocycles. The number of nitrogens with zero attached hydrogens (tertiary/aromatic N) is 2. The molecule has 0 amide bonds. The summed E-state index contributed by atoms with van der Waals surface area (Å²) in [5.41, 5.74) is 24.3. The molecule has 1 rings (SSSR count). The standard InChI is InChI=1S/C45H62N4/c1-17-31(18-2)22-40(45(14,15)16)38(28-47)41(48)33(21-5)25-39(44(11,12)13)35(27-46)23-34-24-36(43(8,9)10)26-37(42(34)49)30(7)29(6)32(19-3)20-4/h17,19-26H,3,18,48-49H2,1-2,4-16H3/b30-29+,31-17-,32-20+,33-21+,35-23+,39-25-,40-22-,41-38-. The van der Waals surface area contributed by atoms with E-state index in [1.54, 1.807) is 0 Å². The third kappa shape index (κ3) is 10.7. The van der Waals surface area contributed by atoms with Crippen LogP contribution < -0.4 is 11.5 Å². The van der Waals surface area contributed by atoms with Crippen molar-refractivity contribution in [3.05, 3.63) is 122 Å². The first-order chi connectivity index (χ1) is 22.6. The number of anilines is 1. The Hall–Kier alpha value is -4.54. The maximum Gasteiger partial charge on any atom is 0.102 e. The molecule has 0 saturated carbocycles. The van der Waals surface area contributed by atoms with E-state index >= 15 is 0 Å². The highest BCUT2D eigenvalue weighted by atomic mass is 14.6. The number of allylic oxidation sites excluding steroid dienone is 14. The summed E-state index contributed by atoms with van der Waals surface area (Å²) < 4.78 is 0. The van der Waals surface area contributed by atoms with Crippen LogP contribution in [0.1, 0.15) is 127 Å². The van der Waals surface area contributed by atoms with Crippen LogP contribution in [0.4, 0.5) is 5.69 Å². The third-order valence-electron chi connectivity index (χ3n) is 9.02. The molecule has 0 spiro atoms. The molecule has 0 aliphatic rings. The maximum absolute atomic E-state index is 10.7. The summed E-state index contributed by atoms with van der Waals surface area (Å²) in [4.78, 5) is 0. The van der Waals surface area contributed by atoms with Crippen LogP contribution >= 0.6 is 0 Å². The second-order valence-corrected chi connectivity index (χ2v) is 15.6. The molecule has 0 fully saturated rings. The van der Waals surface area contributed by atoms with E-state index in [9.17, 15) is 10.5 Å². The van der Waals surface area contributed by atoms with E-state index < -0.39 is 5.41 Å². The van der Waals surface area contributed by atoms with E-state index in [0.29, 0.717) is 28.1 Å². The summed E-state index contributed by atoms with van der Waals surface area (Å²) in [6.45, 7) is 35.2. The number of nitrogens with two attached hydrogens (primary N) is 2. The van der Waals surface area contributed by atoms with Crippen molar-refractivity contribution in [2.45, 2.75) is 116 Å². The first-order valence-electron chi connectivity index (χ1n) is 17.3. The Labute approximate surface area is 299 Å². The molecule has 0 radical (unpaired) electrons. The fraction of sp³-hybridized carbons (Fsp3) is 0.422. The molecule has 262 valence electrons. The summed E-state index contributed by atoms with van der Waals surface area (Å²) >= 11 is 0. The van der Waals surface area contributed by atoms with Gasteiger partial charge in [-0.05, 0) is 126 Å². The average Bonchev–Trinajstić information content (AvgIpc) is 3.01. The number of hydrogen-bond donors (Lipinski definition) is 2. The van der Waals surface area contributed by atoms with Gasteiger partial charge < -0.3 is 11.5 Å². The lowest BCUT2D eigenvalue weighted by atomic mass is 9.77. The van der Waals surface area contributed by atoms with Gasteiger partial charge in [0.05, 0.1) is 22.9 Å². The van der Waals surface area contributed by atoms with E-state index in [4.69, 9.17) is 11.5 Å². The van der Waals surface area contributed by atoms with Crippen LogP contribution in [0.2, 0.25) is 0 Å². The van der Waals surface area contributed by atoms with Gasteiger partial charge in [-0.15, -0.1) is 0 Å². The zero-order chi connectivity index (χ0) is 38.1. The largest absolute Gasteiger partial charge is 0.398 e. The Balaban J connectivity index is 4.32. The lowest BCUT2D eigenvalue weighted by Gasteiger charge is -2.26. The van der Waals surface area contributed by atoms with E-state index in [1.807, 2.05) is 51.2 Å². The first-order valence-corrected chi connectivity index (χ1v) is 17.3. The van der Waals surface area contributed by atoms with Crippen LogP contribution in [0.15, 0.2) is 105 Å². The highest BCUT2D eigenvalue weighted by Gasteiger charge is 2.27. The molecule has 4 heteroatoms. The second-order valence-electron chi connectivity index (χ2n) is 15.6. The molecule has 0 aromatic heterocycles. The maximum atomic E-state index is 10.7. The van der Waals surface area contributed by atoms with Gasteiger partial charge in [-0.3, -0.25) is 0 Å². The Morgan fingerprint density at radius 2 is 1.37 bits per heavy atom. The van der Waals surface area contributed by atoms with Crippen LogP contribution in [0.5, 0.6) is 0 Å². The highest BCUT2D eigenvalue weighted by molar-refractivity contribution is 5.85. The quantitative estimate of drug-likeness (QED) is 0.148. The van der Waals surface area contributed by atoms with Gasteiger partial charge in [-0.25, -0.2) is 0 Å². The molecule has 0 unspecified atom stereocenters. The van der Waals surface area contributed by atoms with Crippen molar-refractivity contribution in [2.24, 2.45) is 16.6 Å². The molecular weight excluding hydrogens is 597 g/mol.